The Morgan fingerprint density at radius 1 is 1.00 bits per heavy atom. The second kappa shape index (κ2) is 11.3. The van der Waals surface area contributed by atoms with Gasteiger partial charge in [0.25, 0.3) is 0 Å². The summed E-state index contributed by atoms with van der Waals surface area (Å²) in [7, 11) is -0.397. The molecule has 1 amide bonds. The summed E-state index contributed by atoms with van der Waals surface area (Å²) < 4.78 is 36.8. The van der Waals surface area contributed by atoms with Crippen molar-refractivity contribution >= 4 is 36.8 Å². The summed E-state index contributed by atoms with van der Waals surface area (Å²) in [6.07, 6.45) is 1.63. The van der Waals surface area contributed by atoms with Gasteiger partial charge in [0.2, 0.25) is 5.91 Å². The summed E-state index contributed by atoms with van der Waals surface area (Å²) in [6.45, 7) is 18.0. The standard InChI is InChI=1S/C34H47BClNO9/c1-31(2,3)43-29(39)27-23(41-19-16-37(17-19)26(38)15-36)11-10-20(28(27)42-30(40)44-32(4,5)6)21-14-22(21)35-45-25-13-18-12-24(33(18,7)8)34(25,9)46-35/h10-11,18-19,21-22,24-25H,12-17H2,1-9H3/t18-,21?,22?,24-,25+,34-/m0/s1. The molecule has 7 rings (SSSR count). The first-order valence-electron chi connectivity index (χ1n) is 16.5. The van der Waals surface area contributed by atoms with E-state index in [1.165, 1.54) is 0 Å². The molecule has 4 saturated carbocycles. The highest BCUT2D eigenvalue weighted by molar-refractivity contribution is 6.49. The molecule has 4 aliphatic carbocycles. The van der Waals surface area contributed by atoms with Crippen molar-refractivity contribution in [3.8, 4) is 11.5 Å². The zero-order valence-electron chi connectivity index (χ0n) is 28.4. The molecule has 0 spiro atoms. The molecule has 2 heterocycles. The van der Waals surface area contributed by atoms with Crippen molar-refractivity contribution in [3.63, 3.8) is 0 Å². The van der Waals surface area contributed by atoms with Crippen LogP contribution in [-0.2, 0) is 23.6 Å². The van der Waals surface area contributed by atoms with Crippen LogP contribution in [-0.4, -0.2) is 78.0 Å². The molecular weight excluding hydrogens is 613 g/mol. The van der Waals surface area contributed by atoms with Gasteiger partial charge in [0.05, 0.1) is 24.8 Å². The average Bonchev–Trinajstić information content (AvgIpc) is 3.60. The maximum absolute atomic E-state index is 13.9. The Hall–Kier alpha value is -2.50. The van der Waals surface area contributed by atoms with Gasteiger partial charge in [0.15, 0.2) is 5.75 Å². The minimum Gasteiger partial charge on any atom is -0.486 e. The van der Waals surface area contributed by atoms with Crippen molar-refractivity contribution in [1.29, 1.82) is 0 Å². The number of halogens is 1. The Kier molecular flexibility index (Phi) is 8.21. The number of likely N-dealkylation sites (tertiary alicyclic amines) is 1. The number of rotatable bonds is 7. The highest BCUT2D eigenvalue weighted by Gasteiger charge is 2.70. The van der Waals surface area contributed by atoms with Crippen LogP contribution in [0.1, 0.15) is 103 Å². The van der Waals surface area contributed by atoms with Crippen LogP contribution < -0.4 is 9.47 Å². The first-order chi connectivity index (χ1) is 21.3. The van der Waals surface area contributed by atoms with Crippen molar-refractivity contribution in [3.05, 3.63) is 23.3 Å². The average molecular weight is 660 g/mol. The molecule has 2 saturated heterocycles. The van der Waals surface area contributed by atoms with E-state index in [1.807, 2.05) is 6.07 Å². The number of benzene rings is 1. The van der Waals surface area contributed by atoms with Crippen molar-refractivity contribution < 1.29 is 42.6 Å². The van der Waals surface area contributed by atoms with Crippen molar-refractivity contribution in [2.24, 2.45) is 17.3 Å². The van der Waals surface area contributed by atoms with Gasteiger partial charge in [-0.15, -0.1) is 11.6 Å². The molecule has 0 radical (unpaired) electrons. The largest absolute Gasteiger partial charge is 0.514 e. The van der Waals surface area contributed by atoms with E-state index in [-0.39, 0.29) is 63.8 Å². The molecule has 6 aliphatic rings. The fourth-order valence-electron chi connectivity index (χ4n) is 7.89. The lowest BCUT2D eigenvalue weighted by atomic mass is 9.43. The summed E-state index contributed by atoms with van der Waals surface area (Å²) in [4.78, 5) is 40.6. The summed E-state index contributed by atoms with van der Waals surface area (Å²) in [5.74, 6) is 0.251. The summed E-state index contributed by atoms with van der Waals surface area (Å²) in [6, 6.07) is 3.55. The third-order valence-electron chi connectivity index (χ3n) is 10.5. The van der Waals surface area contributed by atoms with Crippen LogP contribution in [0.5, 0.6) is 11.5 Å². The van der Waals surface area contributed by atoms with Crippen LogP contribution in [0.25, 0.3) is 0 Å². The molecule has 252 valence electrons. The first-order valence-corrected chi connectivity index (χ1v) is 17.0. The number of alkyl halides is 1. The lowest BCUT2D eigenvalue weighted by molar-refractivity contribution is -0.199. The molecule has 1 aromatic carbocycles. The highest BCUT2D eigenvalue weighted by atomic mass is 35.5. The summed E-state index contributed by atoms with van der Waals surface area (Å²) in [5, 5.41) is 0. The van der Waals surface area contributed by atoms with Gasteiger partial charge < -0.3 is 33.2 Å². The van der Waals surface area contributed by atoms with E-state index in [0.29, 0.717) is 30.5 Å². The number of ether oxygens (including phenoxy) is 4. The Balaban J connectivity index is 1.31. The van der Waals surface area contributed by atoms with E-state index >= 15 is 0 Å². The third kappa shape index (κ3) is 6.12. The minimum absolute atomic E-state index is 0.00233. The van der Waals surface area contributed by atoms with Gasteiger partial charge >= 0.3 is 19.2 Å². The molecule has 2 unspecified atom stereocenters. The number of amides is 1. The molecule has 0 aromatic heterocycles. The van der Waals surface area contributed by atoms with E-state index in [1.54, 1.807) is 52.5 Å². The summed E-state index contributed by atoms with van der Waals surface area (Å²) in [5.41, 5.74) is -1.10. The molecule has 2 bridgehead atoms. The molecule has 6 atom stereocenters. The fourth-order valence-corrected chi connectivity index (χ4v) is 8.06. The Bertz CT molecular complexity index is 1410. The van der Waals surface area contributed by atoms with Crippen LogP contribution >= 0.6 is 11.6 Å². The van der Waals surface area contributed by atoms with Gasteiger partial charge in [0.1, 0.15) is 34.5 Å². The molecule has 6 fully saturated rings. The summed E-state index contributed by atoms with van der Waals surface area (Å²) >= 11 is 5.72. The predicted octanol–water partition coefficient (Wildman–Crippen LogP) is 6.37. The highest BCUT2D eigenvalue weighted by Crippen LogP contribution is 2.68. The van der Waals surface area contributed by atoms with Crippen LogP contribution in [0.2, 0.25) is 5.82 Å². The van der Waals surface area contributed by atoms with Crippen LogP contribution in [0.15, 0.2) is 12.1 Å². The van der Waals surface area contributed by atoms with E-state index in [4.69, 9.17) is 39.9 Å². The Morgan fingerprint density at radius 3 is 2.28 bits per heavy atom. The molecule has 46 heavy (non-hydrogen) atoms. The van der Waals surface area contributed by atoms with Crippen LogP contribution in [0, 0.1) is 17.3 Å². The number of hydrogen-bond donors (Lipinski definition) is 0. The second-order valence-corrected chi connectivity index (χ2v) is 16.7. The van der Waals surface area contributed by atoms with Gasteiger partial charge in [-0.25, -0.2) is 9.59 Å². The van der Waals surface area contributed by atoms with E-state index in [0.717, 1.165) is 19.3 Å². The fraction of sp³-hybridized carbons (Fsp3) is 0.735. The molecule has 12 heteroatoms. The van der Waals surface area contributed by atoms with E-state index in [9.17, 15) is 14.4 Å². The lowest BCUT2D eigenvalue weighted by Crippen LogP contribution is -2.65. The number of carbonyl (C=O) groups is 3. The van der Waals surface area contributed by atoms with E-state index < -0.39 is 30.4 Å². The molecule has 2 aliphatic heterocycles. The van der Waals surface area contributed by atoms with Gasteiger partial charge in [0, 0.05) is 5.82 Å². The monoisotopic (exact) mass is 659 g/mol. The predicted molar refractivity (Wildman–Crippen MR) is 171 cm³/mol. The van der Waals surface area contributed by atoms with Crippen LogP contribution in [0.4, 0.5) is 4.79 Å². The topological polar surface area (TPSA) is 110 Å². The lowest BCUT2D eigenvalue weighted by Gasteiger charge is -2.64. The number of esters is 1. The van der Waals surface area contributed by atoms with Crippen molar-refractivity contribution in [2.75, 3.05) is 19.0 Å². The second-order valence-electron chi connectivity index (χ2n) is 16.4. The maximum atomic E-state index is 13.9. The van der Waals surface area contributed by atoms with Gasteiger partial charge in [-0.3, -0.25) is 4.79 Å². The Morgan fingerprint density at radius 2 is 1.67 bits per heavy atom. The zero-order chi connectivity index (χ0) is 33.6. The maximum Gasteiger partial charge on any atom is 0.514 e. The van der Waals surface area contributed by atoms with Gasteiger partial charge in [-0.1, -0.05) is 19.9 Å². The van der Waals surface area contributed by atoms with Crippen molar-refractivity contribution in [2.45, 2.75) is 122 Å². The molecule has 10 nitrogen and oxygen atoms in total. The third-order valence-corrected chi connectivity index (χ3v) is 10.7. The number of carbonyl (C=O) groups excluding carboxylic acids is 3. The van der Waals surface area contributed by atoms with E-state index in [2.05, 4.69) is 20.8 Å². The van der Waals surface area contributed by atoms with Crippen molar-refractivity contribution in [1.82, 2.24) is 4.90 Å². The first kappa shape index (κ1) is 33.4. The smallest absolute Gasteiger partial charge is 0.486 e. The van der Waals surface area contributed by atoms with Crippen LogP contribution in [0.3, 0.4) is 0 Å². The molecule has 0 N–H and O–H groups in total. The molecular formula is C34H47BClNO9. The number of hydrogen-bond acceptors (Lipinski definition) is 9. The minimum atomic E-state index is -0.940. The molecule has 1 aromatic rings. The quantitative estimate of drug-likeness (QED) is 0.143. The number of nitrogens with zero attached hydrogens (tertiary/aromatic N) is 1. The Labute approximate surface area is 277 Å². The SMILES string of the molecule is CC(C)(C)OC(=O)Oc1c(C2CC2B2O[C@@H]3C[C@@H]4C[C@@H](C4(C)C)[C@]3(C)O2)ccc(OC2CN(C(=O)CCl)C2)c1C(=O)OC(C)(C)C. The zero-order valence-corrected chi connectivity index (χ0v) is 29.2. The van der Waals surface area contributed by atoms with Gasteiger partial charge in [-0.05, 0) is 103 Å². The normalized spacial score (nSPS) is 31.3. The van der Waals surface area contributed by atoms with Gasteiger partial charge in [-0.2, -0.15) is 0 Å².